The van der Waals surface area contributed by atoms with Crippen LogP contribution in [-0.4, -0.2) is 13.2 Å². The van der Waals surface area contributed by atoms with Crippen molar-refractivity contribution >= 4 is 15.9 Å². The molecule has 112 valence electrons. The predicted molar refractivity (Wildman–Crippen MR) is 82.4 cm³/mol. The third kappa shape index (κ3) is 4.25. The van der Waals surface area contributed by atoms with Gasteiger partial charge < -0.3 is 10.5 Å². The first-order valence-electron chi connectivity index (χ1n) is 6.51. The van der Waals surface area contributed by atoms with E-state index >= 15 is 0 Å². The van der Waals surface area contributed by atoms with E-state index in [2.05, 4.69) is 15.9 Å². The van der Waals surface area contributed by atoms with Crippen molar-refractivity contribution in [3.8, 4) is 5.75 Å². The molecule has 0 amide bonds. The van der Waals surface area contributed by atoms with E-state index in [1.54, 1.807) is 13.2 Å². The summed E-state index contributed by atoms with van der Waals surface area (Å²) in [7, 11) is 1.60. The number of nitrogens with two attached hydrogens (primary N) is 1. The molecule has 2 aromatic rings. The highest BCUT2D eigenvalue weighted by molar-refractivity contribution is 9.10. The molecule has 0 heterocycles. The Kier molecular flexibility index (Phi) is 5.31. The first-order chi connectivity index (χ1) is 9.99. The van der Waals surface area contributed by atoms with Gasteiger partial charge in [0.05, 0.1) is 7.11 Å². The van der Waals surface area contributed by atoms with Crippen molar-refractivity contribution in [2.24, 2.45) is 5.73 Å². The van der Waals surface area contributed by atoms with Crippen molar-refractivity contribution in [1.29, 1.82) is 0 Å². The highest BCUT2D eigenvalue weighted by Crippen LogP contribution is 2.24. The van der Waals surface area contributed by atoms with Gasteiger partial charge in [0, 0.05) is 10.5 Å². The second-order valence-corrected chi connectivity index (χ2v) is 5.79. The van der Waals surface area contributed by atoms with E-state index in [1.165, 1.54) is 6.07 Å². The van der Waals surface area contributed by atoms with Crippen LogP contribution in [0.1, 0.15) is 11.1 Å². The van der Waals surface area contributed by atoms with E-state index in [1.807, 2.05) is 18.2 Å². The Labute approximate surface area is 131 Å². The summed E-state index contributed by atoms with van der Waals surface area (Å²) in [6.45, 7) is 0. The summed E-state index contributed by atoms with van der Waals surface area (Å²) in [4.78, 5) is 0. The topological polar surface area (TPSA) is 35.2 Å². The van der Waals surface area contributed by atoms with Crippen LogP contribution >= 0.6 is 15.9 Å². The molecule has 2 aromatic carbocycles. The maximum Gasteiger partial charge on any atom is 0.159 e. The fraction of sp³-hybridized carbons (Fsp3) is 0.250. The van der Waals surface area contributed by atoms with Crippen LogP contribution in [0.3, 0.4) is 0 Å². The molecule has 0 aliphatic heterocycles. The predicted octanol–water partition coefficient (Wildman–Crippen LogP) is 3.85. The molecule has 1 atom stereocenters. The van der Waals surface area contributed by atoms with E-state index in [9.17, 15) is 8.78 Å². The van der Waals surface area contributed by atoms with Gasteiger partial charge in [-0.1, -0.05) is 22.0 Å². The van der Waals surface area contributed by atoms with E-state index in [0.29, 0.717) is 18.4 Å². The lowest BCUT2D eigenvalue weighted by Crippen LogP contribution is -2.25. The summed E-state index contributed by atoms with van der Waals surface area (Å²) in [5.74, 6) is -0.931. The minimum absolute atomic E-state index is 0.210. The molecule has 2 N–H and O–H groups in total. The zero-order valence-corrected chi connectivity index (χ0v) is 13.2. The van der Waals surface area contributed by atoms with E-state index in [0.717, 1.165) is 21.9 Å². The number of halogens is 3. The van der Waals surface area contributed by atoms with Crippen molar-refractivity contribution in [3.05, 3.63) is 63.6 Å². The molecule has 0 aliphatic carbocycles. The minimum Gasteiger partial charge on any atom is -0.496 e. The van der Waals surface area contributed by atoms with Crippen LogP contribution in [0.15, 0.2) is 40.9 Å². The molecule has 0 fully saturated rings. The molecular weight excluding hydrogens is 340 g/mol. The number of hydrogen-bond donors (Lipinski definition) is 1. The number of benzene rings is 2. The molecular formula is C16H16BrF2NO. The Morgan fingerprint density at radius 1 is 1.10 bits per heavy atom. The van der Waals surface area contributed by atoms with Crippen molar-refractivity contribution < 1.29 is 13.5 Å². The maximum atomic E-state index is 13.2. The molecule has 0 saturated carbocycles. The summed E-state index contributed by atoms with van der Waals surface area (Å²) in [6, 6.07) is 9.36. The highest BCUT2D eigenvalue weighted by atomic mass is 79.9. The zero-order chi connectivity index (χ0) is 15.4. The fourth-order valence-electron chi connectivity index (χ4n) is 2.23. The Balaban J connectivity index is 2.09. The number of methoxy groups -OCH3 is 1. The summed E-state index contributed by atoms with van der Waals surface area (Å²) in [5.41, 5.74) is 7.76. The highest BCUT2D eigenvalue weighted by Gasteiger charge is 2.11. The lowest BCUT2D eigenvalue weighted by molar-refractivity contribution is 0.407. The fourth-order valence-corrected chi connectivity index (χ4v) is 2.64. The molecule has 5 heteroatoms. The average Bonchev–Trinajstić information content (AvgIpc) is 2.43. The van der Waals surface area contributed by atoms with Gasteiger partial charge in [0.25, 0.3) is 0 Å². The molecule has 0 saturated heterocycles. The van der Waals surface area contributed by atoms with Crippen LogP contribution in [0.4, 0.5) is 8.78 Å². The van der Waals surface area contributed by atoms with Crippen LogP contribution in [0, 0.1) is 11.6 Å². The summed E-state index contributed by atoms with van der Waals surface area (Å²) in [6.07, 6.45) is 1.05. The van der Waals surface area contributed by atoms with Gasteiger partial charge in [-0.25, -0.2) is 8.78 Å². The van der Waals surface area contributed by atoms with Crippen LogP contribution < -0.4 is 10.5 Å². The third-order valence-corrected chi connectivity index (χ3v) is 3.70. The summed E-state index contributed by atoms with van der Waals surface area (Å²) < 4.78 is 32.3. The van der Waals surface area contributed by atoms with Crippen LogP contribution in [-0.2, 0) is 12.8 Å². The van der Waals surface area contributed by atoms with Gasteiger partial charge in [-0.3, -0.25) is 0 Å². The van der Waals surface area contributed by atoms with Crippen molar-refractivity contribution in [2.45, 2.75) is 18.9 Å². The van der Waals surface area contributed by atoms with E-state index in [4.69, 9.17) is 10.5 Å². The van der Waals surface area contributed by atoms with Crippen LogP contribution in [0.2, 0.25) is 0 Å². The van der Waals surface area contributed by atoms with Gasteiger partial charge >= 0.3 is 0 Å². The van der Waals surface area contributed by atoms with E-state index < -0.39 is 11.6 Å². The smallest absolute Gasteiger partial charge is 0.159 e. The van der Waals surface area contributed by atoms with Gasteiger partial charge in [-0.05, 0) is 54.3 Å². The molecule has 0 spiro atoms. The summed E-state index contributed by atoms with van der Waals surface area (Å²) in [5, 5.41) is 0. The Morgan fingerprint density at radius 2 is 1.86 bits per heavy atom. The normalized spacial score (nSPS) is 12.2. The summed E-state index contributed by atoms with van der Waals surface area (Å²) >= 11 is 3.41. The largest absolute Gasteiger partial charge is 0.496 e. The number of ether oxygens (including phenoxy) is 1. The molecule has 21 heavy (non-hydrogen) atoms. The van der Waals surface area contributed by atoms with Crippen molar-refractivity contribution in [1.82, 2.24) is 0 Å². The molecule has 2 rings (SSSR count). The van der Waals surface area contributed by atoms with Crippen LogP contribution in [0.5, 0.6) is 5.75 Å². The molecule has 0 bridgehead atoms. The Hall–Kier alpha value is -1.46. The molecule has 0 radical (unpaired) electrons. The van der Waals surface area contributed by atoms with E-state index in [-0.39, 0.29) is 6.04 Å². The molecule has 0 aromatic heterocycles. The Morgan fingerprint density at radius 3 is 2.52 bits per heavy atom. The molecule has 1 unspecified atom stereocenters. The third-order valence-electron chi connectivity index (χ3n) is 3.21. The van der Waals surface area contributed by atoms with Gasteiger partial charge in [0.2, 0.25) is 0 Å². The lowest BCUT2D eigenvalue weighted by atomic mass is 9.99. The van der Waals surface area contributed by atoms with Crippen molar-refractivity contribution in [3.63, 3.8) is 0 Å². The second-order valence-electron chi connectivity index (χ2n) is 4.87. The quantitative estimate of drug-likeness (QED) is 0.883. The molecule has 0 aliphatic rings. The average molecular weight is 356 g/mol. The number of rotatable bonds is 5. The number of hydrogen-bond acceptors (Lipinski definition) is 2. The maximum absolute atomic E-state index is 13.2. The van der Waals surface area contributed by atoms with Gasteiger partial charge in [0.15, 0.2) is 11.6 Å². The van der Waals surface area contributed by atoms with Crippen LogP contribution in [0.25, 0.3) is 0 Å². The monoisotopic (exact) mass is 355 g/mol. The van der Waals surface area contributed by atoms with Gasteiger partial charge in [-0.15, -0.1) is 0 Å². The Bertz CT molecular complexity index is 634. The minimum atomic E-state index is -0.847. The zero-order valence-electron chi connectivity index (χ0n) is 11.6. The van der Waals surface area contributed by atoms with Crippen molar-refractivity contribution in [2.75, 3.05) is 7.11 Å². The SMILES string of the molecule is COc1ccc(Br)cc1CC(N)Cc1ccc(F)c(F)c1. The lowest BCUT2D eigenvalue weighted by Gasteiger charge is -2.15. The first-order valence-corrected chi connectivity index (χ1v) is 7.31. The second kappa shape index (κ2) is 7.00. The standard InChI is InChI=1S/C16H16BrF2NO/c1-21-16-5-3-12(17)8-11(16)9-13(20)6-10-2-4-14(18)15(19)7-10/h2-5,7-8,13H,6,9,20H2,1H3. The van der Waals surface area contributed by atoms with Gasteiger partial charge in [-0.2, -0.15) is 0 Å². The van der Waals surface area contributed by atoms with Gasteiger partial charge in [0.1, 0.15) is 5.75 Å². The molecule has 2 nitrogen and oxygen atoms in total. The first kappa shape index (κ1) is 15.9.